The molecule has 0 amide bonds. The quantitative estimate of drug-likeness (QED) is 0.136. The van der Waals surface area contributed by atoms with Crippen LogP contribution in [-0.4, -0.2) is 9.13 Å². The number of aromatic nitrogens is 2. The van der Waals surface area contributed by atoms with Gasteiger partial charge in [0.25, 0.3) is 0 Å². The van der Waals surface area contributed by atoms with Gasteiger partial charge in [0.05, 0.1) is 33.4 Å². The molecule has 0 aliphatic carbocycles. The predicted molar refractivity (Wildman–Crippen MR) is 295 cm³/mol. The molecule has 0 unspecified atom stereocenters. The molecule has 0 aliphatic heterocycles. The second kappa shape index (κ2) is 17.4. The lowest BCUT2D eigenvalue weighted by atomic mass is 9.94. The van der Waals surface area contributed by atoms with Crippen molar-refractivity contribution in [2.24, 2.45) is 0 Å². The van der Waals surface area contributed by atoms with Gasteiger partial charge >= 0.3 is 0 Å². The summed E-state index contributed by atoms with van der Waals surface area (Å²) in [5.41, 5.74) is 18.4. The standard InChI is InChI=1S/C66H46N4/c1-5-21-49(22-6-1)67(50-23-7-2-8-24-50)61-35-19-37-63-65(61)57-31-15-17-33-59(57)69(63)53-43-39-47(40-44-53)55-29-13-14-30-56(55)48-41-45-54(46-42-48)70-60-34-18-16-32-58(60)66-62(36-20-38-64(66)70)68(51-25-9-3-10-26-51)52-27-11-4-12-28-52/h1-46H. The lowest BCUT2D eigenvalue weighted by Gasteiger charge is -2.26. The van der Waals surface area contributed by atoms with Crippen molar-refractivity contribution in [3.05, 3.63) is 279 Å². The first kappa shape index (κ1) is 40.9. The van der Waals surface area contributed by atoms with E-state index in [1.807, 2.05) is 0 Å². The van der Waals surface area contributed by atoms with E-state index in [1.54, 1.807) is 0 Å². The minimum atomic E-state index is 1.12. The molecular weight excluding hydrogens is 849 g/mol. The van der Waals surface area contributed by atoms with Crippen LogP contribution >= 0.6 is 0 Å². The summed E-state index contributed by atoms with van der Waals surface area (Å²) in [6.07, 6.45) is 0. The third-order valence-electron chi connectivity index (χ3n) is 13.7. The van der Waals surface area contributed by atoms with Crippen LogP contribution < -0.4 is 9.80 Å². The van der Waals surface area contributed by atoms with Crippen LogP contribution in [0.5, 0.6) is 0 Å². The molecule has 0 spiro atoms. The number of rotatable bonds is 10. The van der Waals surface area contributed by atoms with Crippen molar-refractivity contribution in [1.82, 2.24) is 9.13 Å². The fourth-order valence-electron chi connectivity index (χ4n) is 10.7. The van der Waals surface area contributed by atoms with Crippen molar-refractivity contribution in [3.8, 4) is 33.6 Å². The van der Waals surface area contributed by atoms with Crippen LogP contribution in [0.1, 0.15) is 0 Å². The highest BCUT2D eigenvalue weighted by Crippen LogP contribution is 2.46. The topological polar surface area (TPSA) is 16.3 Å². The second-order valence-corrected chi connectivity index (χ2v) is 17.7. The van der Waals surface area contributed by atoms with Crippen LogP contribution in [0, 0.1) is 0 Å². The summed E-state index contributed by atoms with van der Waals surface area (Å²) in [7, 11) is 0. The Balaban J connectivity index is 0.876. The van der Waals surface area contributed by atoms with E-state index in [9.17, 15) is 0 Å². The maximum Gasteiger partial charge on any atom is 0.0562 e. The van der Waals surface area contributed by atoms with E-state index in [1.165, 1.54) is 54.8 Å². The zero-order valence-electron chi connectivity index (χ0n) is 38.3. The summed E-state index contributed by atoms with van der Waals surface area (Å²) in [5, 5.41) is 4.86. The van der Waals surface area contributed by atoms with Gasteiger partial charge in [-0.25, -0.2) is 0 Å². The maximum absolute atomic E-state index is 2.41. The molecule has 0 atom stereocenters. The molecule has 0 bridgehead atoms. The van der Waals surface area contributed by atoms with E-state index in [0.29, 0.717) is 0 Å². The van der Waals surface area contributed by atoms with Gasteiger partial charge in [-0.15, -0.1) is 0 Å². The molecule has 0 radical (unpaired) electrons. The maximum atomic E-state index is 2.41. The van der Waals surface area contributed by atoms with E-state index in [-0.39, 0.29) is 0 Å². The number of fused-ring (bicyclic) bond motifs is 6. The van der Waals surface area contributed by atoms with Crippen molar-refractivity contribution < 1.29 is 0 Å². The number of anilines is 6. The highest BCUT2D eigenvalue weighted by molar-refractivity contribution is 6.18. The molecule has 13 rings (SSSR count). The molecule has 0 fully saturated rings. The molecular formula is C66H46N4. The molecule has 70 heavy (non-hydrogen) atoms. The number of nitrogens with zero attached hydrogens (tertiary/aromatic N) is 4. The molecule has 4 nitrogen and oxygen atoms in total. The van der Waals surface area contributed by atoms with Crippen molar-refractivity contribution >= 4 is 77.7 Å². The predicted octanol–water partition coefficient (Wildman–Crippen LogP) is 18.2. The third-order valence-corrected chi connectivity index (χ3v) is 13.7. The van der Waals surface area contributed by atoms with E-state index >= 15 is 0 Å². The van der Waals surface area contributed by atoms with Gasteiger partial charge in [0.2, 0.25) is 0 Å². The molecule has 0 saturated carbocycles. The molecule has 0 N–H and O–H groups in total. The molecule has 2 aromatic heterocycles. The SMILES string of the molecule is c1ccc(N(c2ccccc2)c2cccc3c2c2ccccc2n3-c2ccc(-c3ccccc3-c3ccc(-n4c5ccccc5c5c(N(c6ccccc6)c6ccccc6)cccc54)cc3)cc2)cc1. The Morgan fingerprint density at radius 2 is 0.529 bits per heavy atom. The van der Waals surface area contributed by atoms with E-state index in [2.05, 4.69) is 298 Å². The number of hydrogen-bond acceptors (Lipinski definition) is 2. The van der Waals surface area contributed by atoms with Gasteiger partial charge in [-0.05, 0) is 131 Å². The Kier molecular flexibility index (Phi) is 10.1. The third kappa shape index (κ3) is 6.93. The molecule has 13 aromatic rings. The van der Waals surface area contributed by atoms with Crippen molar-refractivity contribution in [2.45, 2.75) is 0 Å². The number of para-hydroxylation sites is 6. The van der Waals surface area contributed by atoms with Gasteiger partial charge in [-0.1, -0.05) is 170 Å². The van der Waals surface area contributed by atoms with Crippen LogP contribution in [0.15, 0.2) is 279 Å². The molecule has 11 aromatic carbocycles. The zero-order valence-corrected chi connectivity index (χ0v) is 38.3. The first-order valence-electron chi connectivity index (χ1n) is 23.9. The molecule has 0 saturated heterocycles. The summed E-state index contributed by atoms with van der Waals surface area (Å²) in [6, 6.07) is 101. The summed E-state index contributed by atoms with van der Waals surface area (Å²) in [5.74, 6) is 0. The number of hydrogen-bond donors (Lipinski definition) is 0. The monoisotopic (exact) mass is 894 g/mol. The van der Waals surface area contributed by atoms with Gasteiger partial charge in [0.15, 0.2) is 0 Å². The smallest absolute Gasteiger partial charge is 0.0562 e. The van der Waals surface area contributed by atoms with E-state index in [4.69, 9.17) is 0 Å². The fourth-order valence-corrected chi connectivity index (χ4v) is 10.7. The van der Waals surface area contributed by atoms with Gasteiger partial charge in [-0.3, -0.25) is 0 Å². The lowest BCUT2D eigenvalue weighted by Crippen LogP contribution is -2.10. The minimum Gasteiger partial charge on any atom is -0.310 e. The Bertz CT molecular complexity index is 3630. The average Bonchev–Trinajstić information content (AvgIpc) is 3.96. The number of benzene rings is 11. The van der Waals surface area contributed by atoms with Crippen LogP contribution in [0.3, 0.4) is 0 Å². The van der Waals surface area contributed by atoms with Crippen LogP contribution in [0.4, 0.5) is 34.1 Å². The summed E-state index contributed by atoms with van der Waals surface area (Å²) >= 11 is 0. The molecule has 4 heteroatoms. The van der Waals surface area contributed by atoms with Crippen molar-refractivity contribution in [1.29, 1.82) is 0 Å². The summed E-state index contributed by atoms with van der Waals surface area (Å²) in [4.78, 5) is 4.74. The first-order valence-corrected chi connectivity index (χ1v) is 23.9. The summed E-state index contributed by atoms with van der Waals surface area (Å²) in [6.45, 7) is 0. The molecule has 0 aliphatic rings. The highest BCUT2D eigenvalue weighted by atomic mass is 15.2. The van der Waals surface area contributed by atoms with Gasteiger partial charge in [0.1, 0.15) is 0 Å². The van der Waals surface area contributed by atoms with Crippen LogP contribution in [0.25, 0.3) is 77.2 Å². The average molecular weight is 895 g/mol. The van der Waals surface area contributed by atoms with E-state index < -0.39 is 0 Å². The second-order valence-electron chi connectivity index (χ2n) is 17.7. The minimum absolute atomic E-state index is 1.12. The Labute approximate surface area is 407 Å². The van der Waals surface area contributed by atoms with E-state index in [0.717, 1.165) is 56.5 Å². The van der Waals surface area contributed by atoms with Crippen LogP contribution in [-0.2, 0) is 0 Å². The molecule has 330 valence electrons. The van der Waals surface area contributed by atoms with Gasteiger partial charge in [-0.2, -0.15) is 0 Å². The Morgan fingerprint density at radius 3 is 0.886 bits per heavy atom. The normalized spacial score (nSPS) is 11.4. The zero-order chi connectivity index (χ0) is 46.4. The largest absolute Gasteiger partial charge is 0.310 e. The molecule has 2 heterocycles. The van der Waals surface area contributed by atoms with Crippen molar-refractivity contribution in [3.63, 3.8) is 0 Å². The van der Waals surface area contributed by atoms with Gasteiger partial charge < -0.3 is 18.9 Å². The summed E-state index contributed by atoms with van der Waals surface area (Å²) < 4.78 is 4.82. The Hall–Kier alpha value is -9.38. The fraction of sp³-hybridized carbons (Fsp3) is 0. The van der Waals surface area contributed by atoms with Gasteiger partial charge in [0, 0.05) is 55.7 Å². The van der Waals surface area contributed by atoms with Crippen molar-refractivity contribution in [2.75, 3.05) is 9.80 Å². The highest BCUT2D eigenvalue weighted by Gasteiger charge is 2.23. The lowest BCUT2D eigenvalue weighted by molar-refractivity contribution is 1.18. The first-order chi connectivity index (χ1) is 34.8. The van der Waals surface area contributed by atoms with Crippen LogP contribution in [0.2, 0.25) is 0 Å². The Morgan fingerprint density at radius 1 is 0.229 bits per heavy atom.